The van der Waals surface area contributed by atoms with Crippen molar-refractivity contribution in [2.24, 2.45) is 5.92 Å². The molecular formula is C14H20BrNO. The molecule has 17 heavy (non-hydrogen) atoms. The van der Waals surface area contributed by atoms with Crippen molar-refractivity contribution >= 4 is 15.9 Å². The molecule has 94 valence electrons. The quantitative estimate of drug-likeness (QED) is 0.843. The molecule has 1 aromatic carbocycles. The fourth-order valence-electron chi connectivity index (χ4n) is 2.31. The van der Waals surface area contributed by atoms with E-state index in [-0.39, 0.29) is 0 Å². The Balaban J connectivity index is 1.85. The standard InChI is InChI=1S/C14H20BrNO/c1-11(2)9-16-7-6-14(10-16)17-13-5-3-4-12(15)8-13/h3-5,8,11,14H,6-7,9-10H2,1-2H3. The summed E-state index contributed by atoms with van der Waals surface area (Å²) in [7, 11) is 0. The topological polar surface area (TPSA) is 12.5 Å². The molecule has 1 saturated heterocycles. The predicted octanol–water partition coefficient (Wildman–Crippen LogP) is 3.56. The molecule has 2 rings (SSSR count). The van der Waals surface area contributed by atoms with Gasteiger partial charge in [0, 0.05) is 24.1 Å². The lowest BCUT2D eigenvalue weighted by Crippen LogP contribution is -2.28. The van der Waals surface area contributed by atoms with Gasteiger partial charge in [-0.3, -0.25) is 4.90 Å². The average Bonchev–Trinajstić information content (AvgIpc) is 2.64. The Labute approximate surface area is 112 Å². The van der Waals surface area contributed by atoms with Crippen molar-refractivity contribution in [2.75, 3.05) is 19.6 Å². The van der Waals surface area contributed by atoms with Crippen molar-refractivity contribution in [3.05, 3.63) is 28.7 Å². The highest BCUT2D eigenvalue weighted by atomic mass is 79.9. The van der Waals surface area contributed by atoms with Gasteiger partial charge in [-0.25, -0.2) is 0 Å². The molecule has 0 bridgehead atoms. The minimum absolute atomic E-state index is 0.350. The van der Waals surface area contributed by atoms with E-state index in [1.165, 1.54) is 6.54 Å². The molecular weight excluding hydrogens is 278 g/mol. The zero-order valence-corrected chi connectivity index (χ0v) is 12.1. The summed E-state index contributed by atoms with van der Waals surface area (Å²) in [6.07, 6.45) is 1.49. The van der Waals surface area contributed by atoms with Crippen molar-refractivity contribution < 1.29 is 4.74 Å². The molecule has 0 amide bonds. The third kappa shape index (κ3) is 4.00. The first kappa shape index (κ1) is 12.9. The Morgan fingerprint density at radius 3 is 3.00 bits per heavy atom. The van der Waals surface area contributed by atoms with Gasteiger partial charge in [-0.05, 0) is 30.5 Å². The van der Waals surface area contributed by atoms with Gasteiger partial charge in [-0.2, -0.15) is 0 Å². The van der Waals surface area contributed by atoms with Gasteiger partial charge < -0.3 is 4.74 Å². The van der Waals surface area contributed by atoms with Gasteiger partial charge in [0.2, 0.25) is 0 Å². The molecule has 1 fully saturated rings. The van der Waals surface area contributed by atoms with Gasteiger partial charge in [0.1, 0.15) is 11.9 Å². The van der Waals surface area contributed by atoms with E-state index < -0.39 is 0 Å². The van der Waals surface area contributed by atoms with Crippen molar-refractivity contribution in [2.45, 2.75) is 26.4 Å². The summed E-state index contributed by atoms with van der Waals surface area (Å²) < 4.78 is 7.07. The predicted molar refractivity (Wildman–Crippen MR) is 74.5 cm³/mol. The zero-order chi connectivity index (χ0) is 12.3. The van der Waals surface area contributed by atoms with Crippen molar-refractivity contribution in [3.8, 4) is 5.75 Å². The summed E-state index contributed by atoms with van der Waals surface area (Å²) in [5, 5.41) is 0. The van der Waals surface area contributed by atoms with E-state index in [9.17, 15) is 0 Å². The van der Waals surface area contributed by atoms with E-state index in [2.05, 4.69) is 34.7 Å². The van der Waals surface area contributed by atoms with Crippen LogP contribution < -0.4 is 4.74 Å². The van der Waals surface area contributed by atoms with Crippen molar-refractivity contribution in [3.63, 3.8) is 0 Å². The van der Waals surface area contributed by atoms with Crippen LogP contribution >= 0.6 is 15.9 Å². The van der Waals surface area contributed by atoms with E-state index in [0.29, 0.717) is 6.10 Å². The number of benzene rings is 1. The minimum atomic E-state index is 0.350. The molecule has 1 atom stereocenters. The van der Waals surface area contributed by atoms with E-state index in [0.717, 1.165) is 35.7 Å². The maximum absolute atomic E-state index is 6.00. The fraction of sp³-hybridized carbons (Fsp3) is 0.571. The van der Waals surface area contributed by atoms with E-state index in [1.807, 2.05) is 24.3 Å². The second-order valence-corrected chi connectivity index (χ2v) is 6.06. The molecule has 0 aliphatic carbocycles. The molecule has 0 aromatic heterocycles. The molecule has 3 heteroatoms. The summed E-state index contributed by atoms with van der Waals surface area (Å²) in [6.45, 7) is 7.94. The van der Waals surface area contributed by atoms with Crippen LogP contribution in [0, 0.1) is 5.92 Å². The number of halogens is 1. The van der Waals surface area contributed by atoms with Crippen LogP contribution in [0.5, 0.6) is 5.75 Å². The molecule has 0 saturated carbocycles. The Morgan fingerprint density at radius 2 is 2.29 bits per heavy atom. The lowest BCUT2D eigenvalue weighted by molar-refractivity contribution is 0.194. The Hall–Kier alpha value is -0.540. The maximum Gasteiger partial charge on any atom is 0.120 e. The summed E-state index contributed by atoms with van der Waals surface area (Å²) in [5.74, 6) is 1.70. The second kappa shape index (κ2) is 5.87. The van der Waals surface area contributed by atoms with Gasteiger partial charge in [-0.1, -0.05) is 35.8 Å². The van der Waals surface area contributed by atoms with Crippen LogP contribution in [0.15, 0.2) is 28.7 Å². The Morgan fingerprint density at radius 1 is 1.47 bits per heavy atom. The van der Waals surface area contributed by atoms with E-state index >= 15 is 0 Å². The first-order valence-electron chi connectivity index (χ1n) is 6.28. The number of nitrogens with zero attached hydrogens (tertiary/aromatic N) is 1. The van der Waals surface area contributed by atoms with Crippen LogP contribution in [0.1, 0.15) is 20.3 Å². The van der Waals surface area contributed by atoms with Crippen LogP contribution in [-0.4, -0.2) is 30.6 Å². The van der Waals surface area contributed by atoms with Crippen molar-refractivity contribution in [1.82, 2.24) is 4.90 Å². The highest BCUT2D eigenvalue weighted by Crippen LogP contribution is 2.22. The number of ether oxygens (including phenoxy) is 1. The molecule has 1 aromatic rings. The zero-order valence-electron chi connectivity index (χ0n) is 10.5. The van der Waals surface area contributed by atoms with Gasteiger partial charge >= 0.3 is 0 Å². The van der Waals surface area contributed by atoms with Gasteiger partial charge in [0.05, 0.1) is 0 Å². The van der Waals surface area contributed by atoms with Gasteiger partial charge in [0.15, 0.2) is 0 Å². The van der Waals surface area contributed by atoms with Gasteiger partial charge in [-0.15, -0.1) is 0 Å². The van der Waals surface area contributed by atoms with Gasteiger partial charge in [0.25, 0.3) is 0 Å². The van der Waals surface area contributed by atoms with Crippen LogP contribution in [0.25, 0.3) is 0 Å². The summed E-state index contributed by atoms with van der Waals surface area (Å²) in [6, 6.07) is 8.09. The fourth-order valence-corrected chi connectivity index (χ4v) is 2.69. The number of rotatable bonds is 4. The lowest BCUT2D eigenvalue weighted by atomic mass is 10.2. The highest BCUT2D eigenvalue weighted by molar-refractivity contribution is 9.10. The highest BCUT2D eigenvalue weighted by Gasteiger charge is 2.24. The number of likely N-dealkylation sites (tertiary alicyclic amines) is 1. The molecule has 1 aliphatic rings. The van der Waals surface area contributed by atoms with Crippen LogP contribution in [0.3, 0.4) is 0 Å². The molecule has 0 radical (unpaired) electrons. The third-order valence-electron chi connectivity index (χ3n) is 2.95. The first-order chi connectivity index (χ1) is 8.13. The largest absolute Gasteiger partial charge is 0.489 e. The smallest absolute Gasteiger partial charge is 0.120 e. The maximum atomic E-state index is 6.00. The van der Waals surface area contributed by atoms with Crippen LogP contribution in [0.4, 0.5) is 0 Å². The third-order valence-corrected chi connectivity index (χ3v) is 3.44. The SMILES string of the molecule is CC(C)CN1CCC(Oc2cccc(Br)c2)C1. The van der Waals surface area contributed by atoms with E-state index in [1.54, 1.807) is 0 Å². The summed E-state index contributed by atoms with van der Waals surface area (Å²) >= 11 is 3.47. The molecule has 2 nitrogen and oxygen atoms in total. The molecule has 1 unspecified atom stereocenters. The lowest BCUT2D eigenvalue weighted by Gasteiger charge is -2.18. The monoisotopic (exact) mass is 297 g/mol. The number of hydrogen-bond donors (Lipinski definition) is 0. The summed E-state index contributed by atoms with van der Waals surface area (Å²) in [4.78, 5) is 2.49. The average molecular weight is 298 g/mol. The summed E-state index contributed by atoms with van der Waals surface area (Å²) in [5.41, 5.74) is 0. The molecule has 1 aliphatic heterocycles. The second-order valence-electron chi connectivity index (χ2n) is 5.14. The normalized spacial score (nSPS) is 21.1. The Bertz CT molecular complexity index is 367. The van der Waals surface area contributed by atoms with Crippen molar-refractivity contribution in [1.29, 1.82) is 0 Å². The van der Waals surface area contributed by atoms with E-state index in [4.69, 9.17) is 4.74 Å². The van der Waals surface area contributed by atoms with Crippen LogP contribution in [0.2, 0.25) is 0 Å². The number of hydrogen-bond acceptors (Lipinski definition) is 2. The molecule has 0 N–H and O–H groups in total. The van der Waals surface area contributed by atoms with Crippen LogP contribution in [-0.2, 0) is 0 Å². The molecule has 0 spiro atoms. The minimum Gasteiger partial charge on any atom is -0.489 e. The molecule has 1 heterocycles. The first-order valence-corrected chi connectivity index (χ1v) is 7.07. The Kier molecular flexibility index (Phi) is 4.46.